The van der Waals surface area contributed by atoms with E-state index in [1.54, 1.807) is 0 Å². The van der Waals surface area contributed by atoms with Gasteiger partial charge in [0.1, 0.15) is 6.10 Å². The van der Waals surface area contributed by atoms with Gasteiger partial charge in [-0.25, -0.2) is 0 Å². The fourth-order valence-corrected chi connectivity index (χ4v) is 3.62. The first-order valence-corrected chi connectivity index (χ1v) is 9.62. The second kappa shape index (κ2) is 9.14. The number of amides is 2. The number of anilines is 1. The molecule has 0 radical (unpaired) electrons. The zero-order chi connectivity index (χ0) is 18.4. The standard InChI is InChI=1S/C20H29N3O3/c1-15-4-2-5-17(14-15)22-19(24)7-10-21-16-8-11-23(12-9-16)20(25)18-6-3-13-26-18/h2,4-5,14,16,18,21H,3,6-13H2,1H3,(H,22,24). The van der Waals surface area contributed by atoms with E-state index in [-0.39, 0.29) is 17.9 Å². The molecule has 0 aromatic heterocycles. The van der Waals surface area contributed by atoms with Gasteiger partial charge in [-0.2, -0.15) is 0 Å². The quantitative estimate of drug-likeness (QED) is 0.816. The lowest BCUT2D eigenvalue weighted by atomic mass is 10.0. The molecule has 6 heteroatoms. The van der Waals surface area contributed by atoms with Gasteiger partial charge in [0.2, 0.25) is 5.91 Å². The molecule has 2 aliphatic rings. The Morgan fingerprint density at radius 2 is 2.04 bits per heavy atom. The summed E-state index contributed by atoms with van der Waals surface area (Å²) in [6.45, 7) is 4.91. The molecule has 142 valence electrons. The van der Waals surface area contributed by atoms with Gasteiger partial charge in [0.15, 0.2) is 0 Å². The van der Waals surface area contributed by atoms with Gasteiger partial charge in [0.05, 0.1) is 0 Å². The van der Waals surface area contributed by atoms with Crippen LogP contribution in [0, 0.1) is 6.92 Å². The summed E-state index contributed by atoms with van der Waals surface area (Å²) < 4.78 is 5.49. The molecule has 26 heavy (non-hydrogen) atoms. The average Bonchev–Trinajstić information content (AvgIpc) is 3.16. The summed E-state index contributed by atoms with van der Waals surface area (Å²) in [5.74, 6) is 0.174. The van der Waals surface area contributed by atoms with Crippen molar-refractivity contribution in [2.75, 3.05) is 31.6 Å². The Morgan fingerprint density at radius 3 is 2.73 bits per heavy atom. The Kier molecular flexibility index (Phi) is 6.63. The minimum absolute atomic E-state index is 0.0223. The second-order valence-electron chi connectivity index (χ2n) is 7.22. The normalized spacial score (nSPS) is 21.0. The predicted octanol–water partition coefficient (Wildman–Crippen LogP) is 2.08. The number of nitrogens with one attached hydrogen (secondary N) is 2. The predicted molar refractivity (Wildman–Crippen MR) is 101 cm³/mol. The zero-order valence-electron chi connectivity index (χ0n) is 15.5. The van der Waals surface area contributed by atoms with Gasteiger partial charge in [-0.15, -0.1) is 0 Å². The lowest BCUT2D eigenvalue weighted by molar-refractivity contribution is -0.142. The minimum atomic E-state index is -0.218. The number of likely N-dealkylation sites (tertiary alicyclic amines) is 1. The second-order valence-corrected chi connectivity index (χ2v) is 7.22. The topological polar surface area (TPSA) is 70.7 Å². The minimum Gasteiger partial charge on any atom is -0.368 e. The lowest BCUT2D eigenvalue weighted by Crippen LogP contribution is -2.48. The van der Waals surface area contributed by atoms with Gasteiger partial charge < -0.3 is 20.3 Å². The summed E-state index contributed by atoms with van der Waals surface area (Å²) in [5, 5.41) is 6.38. The number of carbonyl (C=O) groups is 2. The maximum atomic E-state index is 12.3. The molecule has 6 nitrogen and oxygen atoms in total. The van der Waals surface area contributed by atoms with E-state index >= 15 is 0 Å². The van der Waals surface area contributed by atoms with Crippen LogP contribution in [0.4, 0.5) is 5.69 Å². The Balaban J connectivity index is 1.32. The third-order valence-corrected chi connectivity index (χ3v) is 5.10. The molecule has 2 fully saturated rings. The van der Waals surface area contributed by atoms with E-state index in [2.05, 4.69) is 10.6 Å². The van der Waals surface area contributed by atoms with Crippen molar-refractivity contribution in [3.63, 3.8) is 0 Å². The molecule has 2 amide bonds. The molecule has 2 heterocycles. The summed E-state index contributed by atoms with van der Waals surface area (Å²) >= 11 is 0. The van der Waals surface area contributed by atoms with Crippen molar-refractivity contribution in [1.82, 2.24) is 10.2 Å². The molecule has 0 spiro atoms. The SMILES string of the molecule is Cc1cccc(NC(=O)CCNC2CCN(C(=O)C3CCCO3)CC2)c1. The molecule has 2 N–H and O–H groups in total. The van der Waals surface area contributed by atoms with E-state index in [4.69, 9.17) is 4.74 Å². The molecule has 3 rings (SSSR count). The van der Waals surface area contributed by atoms with E-state index in [1.807, 2.05) is 36.1 Å². The Morgan fingerprint density at radius 1 is 1.23 bits per heavy atom. The van der Waals surface area contributed by atoms with E-state index < -0.39 is 0 Å². The number of benzene rings is 1. The number of nitrogens with zero attached hydrogens (tertiary/aromatic N) is 1. The van der Waals surface area contributed by atoms with Gasteiger partial charge in [0, 0.05) is 44.4 Å². The summed E-state index contributed by atoms with van der Waals surface area (Å²) in [6, 6.07) is 8.18. The molecule has 0 saturated carbocycles. The van der Waals surface area contributed by atoms with Gasteiger partial charge in [-0.3, -0.25) is 9.59 Å². The van der Waals surface area contributed by atoms with Gasteiger partial charge >= 0.3 is 0 Å². The molecule has 1 unspecified atom stereocenters. The third-order valence-electron chi connectivity index (χ3n) is 5.10. The van der Waals surface area contributed by atoms with Crippen molar-refractivity contribution < 1.29 is 14.3 Å². The molecule has 1 aromatic carbocycles. The highest BCUT2D eigenvalue weighted by Gasteiger charge is 2.30. The Labute approximate surface area is 155 Å². The number of piperidine rings is 1. The van der Waals surface area contributed by atoms with Crippen LogP contribution < -0.4 is 10.6 Å². The first-order valence-electron chi connectivity index (χ1n) is 9.62. The summed E-state index contributed by atoms with van der Waals surface area (Å²) in [4.78, 5) is 26.3. The van der Waals surface area contributed by atoms with Crippen LogP contribution in [0.25, 0.3) is 0 Å². The van der Waals surface area contributed by atoms with Crippen LogP contribution >= 0.6 is 0 Å². The van der Waals surface area contributed by atoms with Crippen molar-refractivity contribution in [1.29, 1.82) is 0 Å². The van der Waals surface area contributed by atoms with Crippen LogP contribution in [0.2, 0.25) is 0 Å². The van der Waals surface area contributed by atoms with Crippen LogP contribution in [0.1, 0.15) is 37.7 Å². The highest BCUT2D eigenvalue weighted by Crippen LogP contribution is 2.18. The molecule has 1 atom stereocenters. The Hall–Kier alpha value is -1.92. The molecule has 0 aliphatic carbocycles. The maximum Gasteiger partial charge on any atom is 0.251 e. The first kappa shape index (κ1) is 18.9. The maximum absolute atomic E-state index is 12.3. The lowest BCUT2D eigenvalue weighted by Gasteiger charge is -2.33. The van der Waals surface area contributed by atoms with Crippen molar-refractivity contribution in [2.45, 2.75) is 51.2 Å². The molecule has 0 bridgehead atoms. The monoisotopic (exact) mass is 359 g/mol. The van der Waals surface area contributed by atoms with Crippen molar-refractivity contribution >= 4 is 17.5 Å². The highest BCUT2D eigenvalue weighted by molar-refractivity contribution is 5.90. The smallest absolute Gasteiger partial charge is 0.251 e. The van der Waals surface area contributed by atoms with E-state index in [1.165, 1.54) is 0 Å². The average molecular weight is 359 g/mol. The van der Waals surface area contributed by atoms with E-state index in [0.29, 0.717) is 25.6 Å². The highest BCUT2D eigenvalue weighted by atomic mass is 16.5. The van der Waals surface area contributed by atoms with Crippen molar-refractivity contribution in [3.05, 3.63) is 29.8 Å². The molecule has 1 aromatic rings. The van der Waals surface area contributed by atoms with Crippen molar-refractivity contribution in [3.8, 4) is 0 Å². The zero-order valence-corrected chi connectivity index (χ0v) is 15.5. The number of aryl methyl sites for hydroxylation is 1. The number of rotatable bonds is 6. The number of hydrogen-bond acceptors (Lipinski definition) is 4. The van der Waals surface area contributed by atoms with Crippen LogP contribution in [-0.2, 0) is 14.3 Å². The van der Waals surface area contributed by atoms with Crippen molar-refractivity contribution in [2.24, 2.45) is 0 Å². The number of ether oxygens (including phenoxy) is 1. The van der Waals surface area contributed by atoms with Gasteiger partial charge in [-0.1, -0.05) is 12.1 Å². The van der Waals surface area contributed by atoms with E-state index in [0.717, 1.165) is 50.0 Å². The molecular weight excluding hydrogens is 330 g/mol. The fourth-order valence-electron chi connectivity index (χ4n) is 3.62. The fraction of sp³-hybridized carbons (Fsp3) is 0.600. The van der Waals surface area contributed by atoms with Gasteiger partial charge in [0.25, 0.3) is 5.91 Å². The number of hydrogen-bond donors (Lipinski definition) is 2. The first-order chi connectivity index (χ1) is 12.6. The summed E-state index contributed by atoms with van der Waals surface area (Å²) in [5.41, 5.74) is 1.97. The molecule has 2 aliphatic heterocycles. The van der Waals surface area contributed by atoms with Crippen LogP contribution in [0.5, 0.6) is 0 Å². The Bertz CT molecular complexity index is 620. The summed E-state index contributed by atoms with van der Waals surface area (Å²) in [6.07, 6.45) is 3.93. The summed E-state index contributed by atoms with van der Waals surface area (Å²) in [7, 11) is 0. The van der Waals surface area contributed by atoms with Gasteiger partial charge in [-0.05, 0) is 50.3 Å². The third kappa shape index (κ3) is 5.29. The van der Waals surface area contributed by atoms with Crippen LogP contribution in [0.3, 0.4) is 0 Å². The van der Waals surface area contributed by atoms with E-state index in [9.17, 15) is 9.59 Å². The van der Waals surface area contributed by atoms with Crippen LogP contribution in [0.15, 0.2) is 24.3 Å². The molecular formula is C20H29N3O3. The number of carbonyl (C=O) groups excluding carboxylic acids is 2. The molecule has 2 saturated heterocycles. The largest absolute Gasteiger partial charge is 0.368 e. The van der Waals surface area contributed by atoms with Crippen LogP contribution in [-0.4, -0.2) is 55.1 Å².